The van der Waals surface area contributed by atoms with Crippen molar-refractivity contribution < 1.29 is 9.53 Å². The molecular formula is C12H24N2O2. The Bertz CT molecular complexity index is 268. The summed E-state index contributed by atoms with van der Waals surface area (Å²) in [5.41, 5.74) is 5.57. The number of likely N-dealkylation sites (tertiary alicyclic amines) is 1. The molecule has 0 saturated carbocycles. The molecule has 1 saturated heterocycles. The fourth-order valence-electron chi connectivity index (χ4n) is 1.75. The van der Waals surface area contributed by atoms with Crippen molar-refractivity contribution in [2.24, 2.45) is 11.7 Å². The zero-order valence-electron chi connectivity index (χ0n) is 11.0. The largest absolute Gasteiger partial charge is 0.378 e. The summed E-state index contributed by atoms with van der Waals surface area (Å²) in [4.78, 5) is 13.7. The molecule has 1 aliphatic heterocycles. The first-order valence-electron chi connectivity index (χ1n) is 5.82. The van der Waals surface area contributed by atoms with E-state index in [1.807, 2.05) is 18.7 Å². The van der Waals surface area contributed by atoms with Crippen molar-refractivity contribution in [1.82, 2.24) is 4.90 Å². The molecule has 0 bridgehead atoms. The number of amides is 1. The summed E-state index contributed by atoms with van der Waals surface area (Å²) in [7, 11) is 1.63. The summed E-state index contributed by atoms with van der Waals surface area (Å²) in [5, 5.41) is 0. The van der Waals surface area contributed by atoms with E-state index in [9.17, 15) is 4.79 Å². The van der Waals surface area contributed by atoms with E-state index in [0.29, 0.717) is 25.4 Å². The average molecular weight is 228 g/mol. The molecule has 0 unspecified atom stereocenters. The number of rotatable bonds is 4. The van der Waals surface area contributed by atoms with E-state index in [4.69, 9.17) is 10.5 Å². The molecule has 4 nitrogen and oxygen atoms in total. The Hall–Kier alpha value is -0.610. The Morgan fingerprint density at radius 1 is 1.50 bits per heavy atom. The summed E-state index contributed by atoms with van der Waals surface area (Å²) in [6.07, 6.45) is 0.414. The Morgan fingerprint density at radius 2 is 2.00 bits per heavy atom. The first-order chi connectivity index (χ1) is 7.20. The summed E-state index contributed by atoms with van der Waals surface area (Å²) in [6.45, 7) is 9.38. The van der Waals surface area contributed by atoms with Gasteiger partial charge in [-0.3, -0.25) is 4.79 Å². The highest BCUT2D eigenvalue weighted by Gasteiger charge is 2.44. The number of methoxy groups -OCH3 is 1. The van der Waals surface area contributed by atoms with Gasteiger partial charge in [-0.2, -0.15) is 0 Å². The molecule has 1 amide bonds. The van der Waals surface area contributed by atoms with Gasteiger partial charge in [-0.05, 0) is 19.8 Å². The van der Waals surface area contributed by atoms with Crippen LogP contribution in [0.2, 0.25) is 0 Å². The van der Waals surface area contributed by atoms with Gasteiger partial charge in [0.1, 0.15) is 0 Å². The molecule has 0 aromatic carbocycles. The lowest BCUT2D eigenvalue weighted by atomic mass is 9.80. The van der Waals surface area contributed by atoms with Crippen LogP contribution in [0.3, 0.4) is 0 Å². The third-order valence-electron chi connectivity index (χ3n) is 3.60. The van der Waals surface area contributed by atoms with E-state index in [1.54, 1.807) is 7.11 Å². The highest BCUT2D eigenvalue weighted by molar-refractivity contribution is 5.78. The Kier molecular flexibility index (Phi) is 3.65. The van der Waals surface area contributed by atoms with Crippen LogP contribution in [0.4, 0.5) is 0 Å². The lowest BCUT2D eigenvalue weighted by Crippen LogP contribution is -2.71. The molecule has 94 valence electrons. The number of hydrogen-bond acceptors (Lipinski definition) is 3. The zero-order valence-corrected chi connectivity index (χ0v) is 11.0. The van der Waals surface area contributed by atoms with E-state index in [1.165, 1.54) is 0 Å². The number of carbonyl (C=O) groups excluding carboxylic acids is 1. The Morgan fingerprint density at radius 3 is 2.38 bits per heavy atom. The lowest BCUT2D eigenvalue weighted by molar-refractivity contribution is -0.145. The van der Waals surface area contributed by atoms with Crippen LogP contribution in [-0.2, 0) is 9.53 Å². The minimum absolute atomic E-state index is 0.133. The maximum atomic E-state index is 11.9. The number of nitrogens with zero attached hydrogens (tertiary/aromatic N) is 1. The molecule has 0 atom stereocenters. The average Bonchev–Trinajstić information content (AvgIpc) is 2.11. The molecule has 16 heavy (non-hydrogen) atoms. The van der Waals surface area contributed by atoms with E-state index in [-0.39, 0.29) is 17.0 Å². The van der Waals surface area contributed by atoms with E-state index in [0.717, 1.165) is 0 Å². The summed E-state index contributed by atoms with van der Waals surface area (Å²) in [6, 6.07) is 0. The fraction of sp³-hybridized carbons (Fsp3) is 0.917. The smallest absolute Gasteiger partial charge is 0.225 e. The second-order valence-electron chi connectivity index (χ2n) is 5.78. The first kappa shape index (κ1) is 13.5. The molecule has 1 aliphatic rings. The standard InChI is InChI=1S/C12H24N2O2/c1-9(2)12(13)7-14(8-12)10(15)6-11(3,4)16-5/h9H,6-8,13H2,1-5H3. The molecule has 0 spiro atoms. The van der Waals surface area contributed by atoms with Crippen molar-refractivity contribution in [3.63, 3.8) is 0 Å². The third-order valence-corrected chi connectivity index (χ3v) is 3.60. The van der Waals surface area contributed by atoms with Crippen molar-refractivity contribution >= 4 is 5.91 Å². The molecule has 1 heterocycles. The molecule has 0 aliphatic carbocycles. The van der Waals surface area contributed by atoms with Crippen LogP contribution in [-0.4, -0.2) is 42.1 Å². The van der Waals surface area contributed by atoms with Crippen LogP contribution in [0.25, 0.3) is 0 Å². The van der Waals surface area contributed by atoms with Gasteiger partial charge >= 0.3 is 0 Å². The molecule has 4 heteroatoms. The molecule has 0 aromatic heterocycles. The van der Waals surface area contributed by atoms with Crippen molar-refractivity contribution in [1.29, 1.82) is 0 Å². The van der Waals surface area contributed by atoms with E-state index < -0.39 is 0 Å². The number of hydrogen-bond donors (Lipinski definition) is 1. The van der Waals surface area contributed by atoms with E-state index in [2.05, 4.69) is 13.8 Å². The first-order valence-corrected chi connectivity index (χ1v) is 5.82. The minimum atomic E-state index is -0.387. The van der Waals surface area contributed by atoms with Crippen LogP contribution >= 0.6 is 0 Å². The Balaban J connectivity index is 2.44. The topological polar surface area (TPSA) is 55.6 Å². The Labute approximate surface area is 98.1 Å². The summed E-state index contributed by atoms with van der Waals surface area (Å²) >= 11 is 0. The van der Waals surface area contributed by atoms with Gasteiger partial charge in [-0.15, -0.1) is 0 Å². The predicted octanol–water partition coefficient (Wildman–Crippen LogP) is 0.997. The molecular weight excluding hydrogens is 204 g/mol. The fourth-order valence-corrected chi connectivity index (χ4v) is 1.75. The van der Waals surface area contributed by atoms with Gasteiger partial charge in [0, 0.05) is 20.2 Å². The van der Waals surface area contributed by atoms with Crippen molar-refractivity contribution in [3.05, 3.63) is 0 Å². The zero-order chi connectivity index (χ0) is 12.6. The minimum Gasteiger partial charge on any atom is -0.378 e. The second kappa shape index (κ2) is 4.34. The molecule has 1 rings (SSSR count). The molecule has 0 radical (unpaired) electrons. The monoisotopic (exact) mass is 228 g/mol. The highest BCUT2D eigenvalue weighted by Crippen LogP contribution is 2.28. The normalized spacial score (nSPS) is 19.8. The second-order valence-corrected chi connectivity index (χ2v) is 5.78. The number of ether oxygens (including phenoxy) is 1. The van der Waals surface area contributed by atoms with Gasteiger partial charge in [0.2, 0.25) is 5.91 Å². The van der Waals surface area contributed by atoms with Crippen LogP contribution in [0.1, 0.15) is 34.1 Å². The molecule has 0 aromatic rings. The van der Waals surface area contributed by atoms with Gasteiger partial charge in [-0.1, -0.05) is 13.8 Å². The van der Waals surface area contributed by atoms with Crippen LogP contribution in [0.15, 0.2) is 0 Å². The SMILES string of the molecule is COC(C)(C)CC(=O)N1CC(N)(C(C)C)C1. The lowest BCUT2D eigenvalue weighted by Gasteiger charge is -2.50. The van der Waals surface area contributed by atoms with E-state index >= 15 is 0 Å². The van der Waals surface area contributed by atoms with Gasteiger partial charge in [0.15, 0.2) is 0 Å². The molecule has 1 fully saturated rings. The highest BCUT2D eigenvalue weighted by atomic mass is 16.5. The maximum Gasteiger partial charge on any atom is 0.225 e. The van der Waals surface area contributed by atoms with Gasteiger partial charge in [-0.25, -0.2) is 0 Å². The third kappa shape index (κ3) is 2.74. The van der Waals surface area contributed by atoms with Crippen molar-refractivity contribution in [3.8, 4) is 0 Å². The van der Waals surface area contributed by atoms with Gasteiger partial charge < -0.3 is 15.4 Å². The summed E-state index contributed by atoms with van der Waals surface area (Å²) in [5.74, 6) is 0.542. The number of carbonyl (C=O) groups is 1. The van der Waals surface area contributed by atoms with Crippen molar-refractivity contribution in [2.75, 3.05) is 20.2 Å². The summed E-state index contributed by atoms with van der Waals surface area (Å²) < 4.78 is 5.25. The number of nitrogens with two attached hydrogens (primary N) is 1. The van der Waals surface area contributed by atoms with Crippen molar-refractivity contribution in [2.45, 2.75) is 45.3 Å². The molecule has 2 N–H and O–H groups in total. The van der Waals surface area contributed by atoms with Crippen LogP contribution in [0.5, 0.6) is 0 Å². The quantitative estimate of drug-likeness (QED) is 0.781. The maximum absolute atomic E-state index is 11.9. The van der Waals surface area contributed by atoms with Crippen LogP contribution < -0.4 is 5.73 Å². The predicted molar refractivity (Wildman–Crippen MR) is 64.0 cm³/mol. The van der Waals surface area contributed by atoms with Gasteiger partial charge in [0.05, 0.1) is 17.6 Å². The van der Waals surface area contributed by atoms with Crippen LogP contribution in [0, 0.1) is 5.92 Å². The van der Waals surface area contributed by atoms with Gasteiger partial charge in [0.25, 0.3) is 0 Å².